The van der Waals surface area contributed by atoms with Gasteiger partial charge in [-0.2, -0.15) is 0 Å². The molecule has 0 bridgehead atoms. The summed E-state index contributed by atoms with van der Waals surface area (Å²) in [5.41, 5.74) is 4.18. The Morgan fingerprint density at radius 2 is 0.780 bits per heavy atom. The molecule has 5 aromatic carbocycles. The molecule has 0 aliphatic carbocycles. The normalized spacial score (nSPS) is 10.9. The first kappa shape index (κ1) is 27.4. The van der Waals surface area contributed by atoms with Crippen LogP contribution in [0.1, 0.15) is 45.8 Å². The first-order valence-corrected chi connectivity index (χ1v) is 13.6. The van der Waals surface area contributed by atoms with E-state index >= 15 is 0 Å². The molecule has 2 N–H and O–H groups in total. The molecule has 5 heteroatoms. The van der Waals surface area contributed by atoms with Crippen LogP contribution in [0, 0.1) is 0 Å². The molecular weight excluding hydrogens is 508 g/mol. The van der Waals surface area contributed by atoms with Crippen LogP contribution in [0.3, 0.4) is 0 Å². The molecule has 0 saturated heterocycles. The van der Waals surface area contributed by atoms with Gasteiger partial charge >= 0.3 is 0 Å². The van der Waals surface area contributed by atoms with Crippen molar-refractivity contribution in [3.8, 4) is 5.75 Å². The monoisotopic (exact) mass is 540 g/mol. The summed E-state index contributed by atoms with van der Waals surface area (Å²) in [6.45, 7) is 0. The molecule has 0 heterocycles. The van der Waals surface area contributed by atoms with Crippen molar-refractivity contribution in [2.45, 2.75) is 18.0 Å². The number of hydrogen-bond donors (Lipinski definition) is 2. The number of carbonyl (C=O) groups excluding carboxylic acids is 2. The van der Waals surface area contributed by atoms with Crippen molar-refractivity contribution in [1.82, 2.24) is 10.6 Å². The van der Waals surface area contributed by atoms with E-state index in [0.717, 1.165) is 27.8 Å². The Kier molecular flexibility index (Phi) is 8.87. The highest BCUT2D eigenvalue weighted by Crippen LogP contribution is 2.28. The van der Waals surface area contributed by atoms with Crippen LogP contribution in [0.25, 0.3) is 0 Å². The second kappa shape index (κ2) is 13.3. The number of ether oxygens (including phenoxy) is 1. The summed E-state index contributed by atoms with van der Waals surface area (Å²) in [4.78, 5) is 28.1. The number of amides is 2. The third kappa shape index (κ3) is 6.71. The summed E-state index contributed by atoms with van der Waals surface area (Å²) in [6.07, 6.45) is -0.786. The number of nitrogens with one attached hydrogen (secondary N) is 2. The molecule has 0 aliphatic rings. The molecule has 5 rings (SSSR count). The maximum atomic E-state index is 14.1. The molecule has 0 radical (unpaired) electrons. The number of rotatable bonds is 10. The Labute approximate surface area is 240 Å². The zero-order valence-corrected chi connectivity index (χ0v) is 22.8. The molecule has 0 aliphatic heterocycles. The zero-order chi connectivity index (χ0) is 28.4. The molecule has 0 fully saturated rings. The topological polar surface area (TPSA) is 67.4 Å². The van der Waals surface area contributed by atoms with Gasteiger partial charge in [0.15, 0.2) is 0 Å². The van der Waals surface area contributed by atoms with Crippen LogP contribution in [-0.2, 0) is 9.59 Å². The van der Waals surface area contributed by atoms with Crippen LogP contribution in [0.2, 0.25) is 0 Å². The second-order valence-electron chi connectivity index (χ2n) is 9.73. The van der Waals surface area contributed by atoms with Crippen LogP contribution in [0.4, 0.5) is 0 Å². The Hall–Kier alpha value is -5.16. The number of benzene rings is 5. The van der Waals surface area contributed by atoms with Crippen molar-refractivity contribution in [2.75, 3.05) is 7.11 Å². The Morgan fingerprint density at radius 1 is 0.463 bits per heavy atom. The highest BCUT2D eigenvalue weighted by atomic mass is 16.5. The lowest BCUT2D eigenvalue weighted by atomic mass is 9.89. The van der Waals surface area contributed by atoms with Crippen molar-refractivity contribution in [2.24, 2.45) is 0 Å². The van der Waals surface area contributed by atoms with Gasteiger partial charge in [0.2, 0.25) is 11.8 Å². The Bertz CT molecular complexity index is 1370. The molecule has 0 atom stereocenters. The molecule has 0 unspecified atom stereocenters. The molecule has 0 saturated carbocycles. The highest BCUT2D eigenvalue weighted by molar-refractivity contribution is 5.90. The zero-order valence-electron chi connectivity index (χ0n) is 22.8. The Morgan fingerprint density at radius 3 is 1.07 bits per heavy atom. The largest absolute Gasteiger partial charge is 0.497 e. The minimum absolute atomic E-state index is 0.223. The number of carbonyl (C=O) groups is 2. The van der Waals surface area contributed by atoms with Crippen molar-refractivity contribution in [3.63, 3.8) is 0 Å². The van der Waals surface area contributed by atoms with E-state index in [4.69, 9.17) is 4.74 Å². The van der Waals surface area contributed by atoms with Crippen molar-refractivity contribution in [3.05, 3.63) is 173 Å². The maximum Gasteiger partial charge on any atom is 0.233 e. The predicted molar refractivity (Wildman–Crippen MR) is 161 cm³/mol. The molecule has 204 valence electrons. The van der Waals surface area contributed by atoms with Gasteiger partial charge in [-0.15, -0.1) is 0 Å². The summed E-state index contributed by atoms with van der Waals surface area (Å²) >= 11 is 0. The SMILES string of the molecule is COc1ccc(C(NC(=O)C(c2ccccc2)c2ccccc2)NC(=O)C(c2ccccc2)c2ccccc2)cc1. The third-order valence-electron chi connectivity index (χ3n) is 7.08. The molecule has 5 aromatic rings. The van der Waals surface area contributed by atoms with Crippen LogP contribution >= 0.6 is 0 Å². The van der Waals surface area contributed by atoms with Crippen LogP contribution in [-0.4, -0.2) is 18.9 Å². The summed E-state index contributed by atoms with van der Waals surface area (Å²) in [6, 6.07) is 46.0. The highest BCUT2D eigenvalue weighted by Gasteiger charge is 2.29. The van der Waals surface area contributed by atoms with Crippen LogP contribution in [0.15, 0.2) is 146 Å². The van der Waals surface area contributed by atoms with E-state index in [1.165, 1.54) is 0 Å². The maximum absolute atomic E-state index is 14.1. The van der Waals surface area contributed by atoms with Crippen LogP contribution in [0.5, 0.6) is 5.75 Å². The van der Waals surface area contributed by atoms with Gasteiger partial charge in [0.25, 0.3) is 0 Å². The standard InChI is InChI=1S/C36H32N2O3/c1-41-31-24-22-30(23-25-31)34(37-35(39)32(26-14-6-2-7-15-26)27-16-8-3-9-17-27)38-36(40)33(28-18-10-4-11-19-28)29-20-12-5-13-21-29/h2-25,32-34H,1H3,(H,37,39)(H,38,40). The van der Waals surface area contributed by atoms with Gasteiger partial charge in [-0.05, 0) is 39.9 Å². The molecule has 5 nitrogen and oxygen atoms in total. The summed E-state index contributed by atoms with van der Waals surface area (Å²) in [7, 11) is 1.60. The first-order chi connectivity index (χ1) is 20.1. The quantitative estimate of drug-likeness (QED) is 0.196. The summed E-state index contributed by atoms with van der Waals surface area (Å²) in [5, 5.41) is 6.29. The number of hydrogen-bond acceptors (Lipinski definition) is 3. The van der Waals surface area contributed by atoms with E-state index in [2.05, 4.69) is 10.6 Å². The van der Waals surface area contributed by atoms with Gasteiger partial charge in [-0.25, -0.2) is 0 Å². The van der Waals surface area contributed by atoms with Gasteiger partial charge < -0.3 is 15.4 Å². The third-order valence-corrected chi connectivity index (χ3v) is 7.08. The van der Waals surface area contributed by atoms with Gasteiger partial charge in [0, 0.05) is 0 Å². The fraction of sp³-hybridized carbons (Fsp3) is 0.111. The Balaban J connectivity index is 1.50. The van der Waals surface area contributed by atoms with E-state index in [1.54, 1.807) is 7.11 Å². The molecule has 0 spiro atoms. The minimum atomic E-state index is -0.786. The first-order valence-electron chi connectivity index (χ1n) is 13.6. The summed E-state index contributed by atoms with van der Waals surface area (Å²) < 4.78 is 5.34. The lowest BCUT2D eigenvalue weighted by Gasteiger charge is -2.27. The lowest BCUT2D eigenvalue weighted by Crippen LogP contribution is -2.44. The molecule has 0 aromatic heterocycles. The van der Waals surface area contributed by atoms with Gasteiger partial charge in [0.05, 0.1) is 18.9 Å². The molecule has 41 heavy (non-hydrogen) atoms. The molecular formula is C36H32N2O3. The fourth-order valence-electron chi connectivity index (χ4n) is 5.02. The van der Waals surface area contributed by atoms with Gasteiger partial charge in [0.1, 0.15) is 11.9 Å². The van der Waals surface area contributed by atoms with Gasteiger partial charge in [-0.1, -0.05) is 133 Å². The predicted octanol–water partition coefficient (Wildman–Crippen LogP) is 6.59. The summed E-state index contributed by atoms with van der Waals surface area (Å²) in [5.74, 6) is -0.884. The van der Waals surface area contributed by atoms with E-state index < -0.39 is 18.0 Å². The van der Waals surface area contributed by atoms with E-state index in [9.17, 15) is 9.59 Å². The minimum Gasteiger partial charge on any atom is -0.497 e. The second-order valence-corrected chi connectivity index (χ2v) is 9.73. The fourth-order valence-corrected chi connectivity index (χ4v) is 5.02. The average molecular weight is 541 g/mol. The average Bonchev–Trinajstić information content (AvgIpc) is 3.03. The van der Waals surface area contributed by atoms with Crippen molar-refractivity contribution in [1.29, 1.82) is 0 Å². The smallest absolute Gasteiger partial charge is 0.233 e. The van der Waals surface area contributed by atoms with E-state index in [-0.39, 0.29) is 11.8 Å². The molecule has 2 amide bonds. The lowest BCUT2D eigenvalue weighted by molar-refractivity contribution is -0.125. The van der Waals surface area contributed by atoms with Gasteiger partial charge in [-0.3, -0.25) is 9.59 Å². The van der Waals surface area contributed by atoms with Crippen LogP contribution < -0.4 is 15.4 Å². The van der Waals surface area contributed by atoms with E-state index in [1.807, 2.05) is 146 Å². The number of methoxy groups -OCH3 is 1. The van der Waals surface area contributed by atoms with Crippen molar-refractivity contribution < 1.29 is 14.3 Å². The van der Waals surface area contributed by atoms with E-state index in [0.29, 0.717) is 5.75 Å². The van der Waals surface area contributed by atoms with Crippen molar-refractivity contribution >= 4 is 11.8 Å².